The summed E-state index contributed by atoms with van der Waals surface area (Å²) >= 11 is 0. The van der Waals surface area contributed by atoms with Crippen molar-refractivity contribution in [2.45, 2.75) is 31.6 Å². The van der Waals surface area contributed by atoms with Crippen molar-refractivity contribution in [3.8, 4) is 0 Å². The van der Waals surface area contributed by atoms with Gasteiger partial charge in [0, 0.05) is 19.0 Å². The van der Waals surface area contributed by atoms with Gasteiger partial charge in [-0.15, -0.1) is 0 Å². The number of ether oxygens (including phenoxy) is 2. The first kappa shape index (κ1) is 21.8. The summed E-state index contributed by atoms with van der Waals surface area (Å²) in [6.07, 6.45) is 2.51. The molecule has 1 aromatic rings. The molecule has 0 unspecified atom stereocenters. The highest BCUT2D eigenvalue weighted by atomic mass is 32.2. The van der Waals surface area contributed by atoms with Crippen LogP contribution in [0.3, 0.4) is 0 Å². The lowest BCUT2D eigenvalue weighted by molar-refractivity contribution is -0.168. The molecule has 0 N–H and O–H groups in total. The Hall–Kier alpha value is -2.45. The maximum absolute atomic E-state index is 13.3. The van der Waals surface area contributed by atoms with Gasteiger partial charge in [0.1, 0.15) is 0 Å². The van der Waals surface area contributed by atoms with E-state index in [1.807, 2.05) is 19.9 Å². The Morgan fingerprint density at radius 2 is 1.65 bits per heavy atom. The van der Waals surface area contributed by atoms with Gasteiger partial charge in [-0.05, 0) is 50.3 Å². The number of carbonyl (C=O) groups excluding carboxylic acids is 2. The number of carbonyl (C=O) groups is 2. The minimum atomic E-state index is -3.64. The number of esters is 2. The van der Waals surface area contributed by atoms with Crippen molar-refractivity contribution in [2.75, 3.05) is 27.3 Å². The predicted octanol–water partition coefficient (Wildman–Crippen LogP) is 2.61. The fourth-order valence-corrected chi connectivity index (χ4v) is 6.75. The van der Waals surface area contributed by atoms with E-state index in [1.165, 1.54) is 18.5 Å². The zero-order chi connectivity index (χ0) is 22.6. The Morgan fingerprint density at radius 3 is 2.23 bits per heavy atom. The van der Waals surface area contributed by atoms with Gasteiger partial charge in [-0.1, -0.05) is 34.9 Å². The highest BCUT2D eigenvalue weighted by Crippen LogP contribution is 2.55. The number of allylic oxidation sites excluding steroid dienone is 3. The SMILES string of the molecule is COC(=O)C1(C(=O)OC)CC2=CC(C)=C3CN(S(=O)(=O)c4ccc(C)cc4)C[C@@H]3[C@H]2C1. The van der Waals surface area contributed by atoms with Gasteiger partial charge in [-0.25, -0.2) is 8.42 Å². The Balaban J connectivity index is 1.66. The molecule has 4 rings (SSSR count). The van der Waals surface area contributed by atoms with Crippen molar-refractivity contribution in [1.29, 1.82) is 0 Å². The molecule has 2 atom stereocenters. The van der Waals surface area contributed by atoms with Crippen molar-refractivity contribution >= 4 is 22.0 Å². The molecule has 0 amide bonds. The Bertz CT molecular complexity index is 1080. The van der Waals surface area contributed by atoms with Gasteiger partial charge in [-0.3, -0.25) is 9.59 Å². The van der Waals surface area contributed by atoms with Crippen LogP contribution in [-0.4, -0.2) is 52.0 Å². The molecule has 1 saturated heterocycles. The molecule has 1 saturated carbocycles. The topological polar surface area (TPSA) is 90.0 Å². The highest BCUT2D eigenvalue weighted by molar-refractivity contribution is 7.89. The van der Waals surface area contributed by atoms with E-state index in [4.69, 9.17) is 9.47 Å². The lowest BCUT2D eigenvalue weighted by Gasteiger charge is -2.27. The van der Waals surface area contributed by atoms with E-state index in [2.05, 4.69) is 0 Å². The summed E-state index contributed by atoms with van der Waals surface area (Å²) in [5.41, 5.74) is 2.66. The van der Waals surface area contributed by atoms with Crippen LogP contribution in [0.4, 0.5) is 0 Å². The van der Waals surface area contributed by atoms with Crippen molar-refractivity contribution < 1.29 is 27.5 Å². The van der Waals surface area contributed by atoms with Gasteiger partial charge >= 0.3 is 11.9 Å². The van der Waals surface area contributed by atoms with Gasteiger partial charge in [-0.2, -0.15) is 4.31 Å². The summed E-state index contributed by atoms with van der Waals surface area (Å²) in [7, 11) is -1.11. The Labute approximate surface area is 182 Å². The minimum Gasteiger partial charge on any atom is -0.468 e. The number of nitrogens with zero attached hydrogens (tertiary/aromatic N) is 1. The van der Waals surface area contributed by atoms with E-state index >= 15 is 0 Å². The van der Waals surface area contributed by atoms with E-state index in [0.717, 1.165) is 22.3 Å². The molecule has 2 fully saturated rings. The van der Waals surface area contributed by atoms with Gasteiger partial charge in [0.2, 0.25) is 10.0 Å². The first-order valence-electron chi connectivity index (χ1n) is 10.3. The van der Waals surface area contributed by atoms with Crippen LogP contribution < -0.4 is 0 Å². The van der Waals surface area contributed by atoms with E-state index in [-0.39, 0.29) is 29.6 Å². The number of rotatable bonds is 4. The third-order valence-corrected chi connectivity index (χ3v) is 8.78. The lowest BCUT2D eigenvalue weighted by Crippen LogP contribution is -2.39. The Kier molecular flexibility index (Phi) is 5.34. The maximum Gasteiger partial charge on any atom is 0.323 e. The van der Waals surface area contributed by atoms with Crippen molar-refractivity contribution in [3.63, 3.8) is 0 Å². The summed E-state index contributed by atoms with van der Waals surface area (Å²) in [6.45, 7) is 4.51. The molecule has 0 radical (unpaired) electrons. The fraction of sp³-hybridized carbons (Fsp3) is 0.478. The van der Waals surface area contributed by atoms with Gasteiger partial charge in [0.25, 0.3) is 0 Å². The maximum atomic E-state index is 13.3. The van der Waals surface area contributed by atoms with Gasteiger partial charge < -0.3 is 9.47 Å². The Morgan fingerprint density at radius 1 is 1.03 bits per heavy atom. The van der Waals surface area contributed by atoms with Crippen LogP contribution in [-0.2, 0) is 29.1 Å². The molecule has 0 spiro atoms. The largest absolute Gasteiger partial charge is 0.468 e. The number of hydrogen-bond acceptors (Lipinski definition) is 6. The number of hydrogen-bond donors (Lipinski definition) is 0. The number of benzene rings is 1. The number of sulfonamides is 1. The van der Waals surface area contributed by atoms with E-state index in [9.17, 15) is 18.0 Å². The minimum absolute atomic E-state index is 0.0728. The van der Waals surface area contributed by atoms with Crippen LogP contribution in [0, 0.1) is 24.2 Å². The predicted molar refractivity (Wildman–Crippen MR) is 113 cm³/mol. The molecule has 7 nitrogen and oxygen atoms in total. The quantitative estimate of drug-likeness (QED) is 0.523. The molecule has 0 bridgehead atoms. The second-order valence-electron chi connectivity index (χ2n) is 8.70. The number of aryl methyl sites for hydroxylation is 1. The molecule has 166 valence electrons. The molecule has 3 aliphatic rings. The molecule has 31 heavy (non-hydrogen) atoms. The molecular weight excluding hydrogens is 418 g/mol. The normalized spacial score (nSPS) is 25.0. The third kappa shape index (κ3) is 3.32. The smallest absolute Gasteiger partial charge is 0.323 e. The standard InChI is InChI=1S/C23H27NO6S/c1-14-5-7-17(8-6-14)31(27,28)24-12-19-15(2)9-16-10-23(21(25)29-3,22(26)30-4)11-18(16)20(19)13-24/h5-9,18,20H,10-13H2,1-4H3/t18-,20+/m0/s1. The molecule has 1 aliphatic heterocycles. The van der Waals surface area contributed by atoms with Crippen molar-refractivity contribution in [1.82, 2.24) is 4.31 Å². The first-order chi connectivity index (χ1) is 14.6. The number of methoxy groups -OCH3 is 2. The van der Waals surface area contributed by atoms with Crippen molar-refractivity contribution in [2.24, 2.45) is 17.3 Å². The zero-order valence-electron chi connectivity index (χ0n) is 18.2. The number of fused-ring (bicyclic) bond motifs is 3. The van der Waals surface area contributed by atoms with Crippen LogP contribution in [0.1, 0.15) is 25.3 Å². The van der Waals surface area contributed by atoms with Gasteiger partial charge in [0.05, 0.1) is 19.1 Å². The molecule has 8 heteroatoms. The molecule has 1 aromatic carbocycles. The van der Waals surface area contributed by atoms with Crippen LogP contribution in [0.5, 0.6) is 0 Å². The third-order valence-electron chi connectivity index (χ3n) is 6.95. The zero-order valence-corrected chi connectivity index (χ0v) is 19.0. The lowest BCUT2D eigenvalue weighted by atomic mass is 9.77. The average Bonchev–Trinajstić information content (AvgIpc) is 3.36. The highest BCUT2D eigenvalue weighted by Gasteiger charge is 2.59. The summed E-state index contributed by atoms with van der Waals surface area (Å²) in [5, 5.41) is 0. The van der Waals surface area contributed by atoms with E-state index in [0.29, 0.717) is 13.1 Å². The second-order valence-corrected chi connectivity index (χ2v) is 10.6. The van der Waals surface area contributed by atoms with E-state index in [1.54, 1.807) is 24.3 Å². The molecule has 0 aromatic heterocycles. The summed E-state index contributed by atoms with van der Waals surface area (Å²) in [6, 6.07) is 6.84. The molecular formula is C23H27NO6S. The summed E-state index contributed by atoms with van der Waals surface area (Å²) < 4.78 is 38.0. The summed E-state index contributed by atoms with van der Waals surface area (Å²) in [5.74, 6) is -1.38. The van der Waals surface area contributed by atoms with Gasteiger partial charge in [0.15, 0.2) is 5.41 Å². The van der Waals surface area contributed by atoms with Crippen LogP contribution >= 0.6 is 0 Å². The van der Waals surface area contributed by atoms with Crippen LogP contribution in [0.25, 0.3) is 0 Å². The van der Waals surface area contributed by atoms with Crippen LogP contribution in [0.2, 0.25) is 0 Å². The van der Waals surface area contributed by atoms with Crippen molar-refractivity contribution in [3.05, 3.63) is 52.6 Å². The second kappa shape index (κ2) is 7.60. The first-order valence-corrected chi connectivity index (χ1v) is 11.7. The fourth-order valence-electron chi connectivity index (χ4n) is 5.30. The van der Waals surface area contributed by atoms with Crippen LogP contribution in [0.15, 0.2) is 52.0 Å². The molecule has 2 aliphatic carbocycles. The average molecular weight is 446 g/mol. The monoisotopic (exact) mass is 445 g/mol. The van der Waals surface area contributed by atoms with E-state index < -0.39 is 27.4 Å². The molecule has 1 heterocycles. The summed E-state index contributed by atoms with van der Waals surface area (Å²) in [4.78, 5) is 25.5.